The highest BCUT2D eigenvalue weighted by atomic mass is 16.7. The summed E-state index contributed by atoms with van der Waals surface area (Å²) in [7, 11) is 0. The Morgan fingerprint density at radius 1 is 1.14 bits per heavy atom. The van der Waals surface area contributed by atoms with E-state index in [0.717, 1.165) is 0 Å². The number of aromatic nitrogens is 3. The lowest BCUT2D eigenvalue weighted by Crippen LogP contribution is -2.50. The molecule has 0 spiro atoms. The summed E-state index contributed by atoms with van der Waals surface area (Å²) in [4.78, 5) is 57.6. The molecule has 1 fully saturated rings. The maximum atomic E-state index is 12.6. The van der Waals surface area contributed by atoms with E-state index in [1.54, 1.807) is 38.5 Å². The Balaban J connectivity index is 1.87. The SMILES string of the molecule is CCC(=O)OC[C@H]1O[C@@H](n2cc3c4c(ncnc42)NC(=O)C=C3N)C(C)(OC(=O)CC)[C@@H]1OC(=O)CC. The van der Waals surface area contributed by atoms with E-state index in [2.05, 4.69) is 15.3 Å². The van der Waals surface area contributed by atoms with E-state index in [4.69, 9.17) is 24.7 Å². The topological polar surface area (TPSA) is 174 Å². The van der Waals surface area contributed by atoms with E-state index in [1.165, 1.54) is 12.4 Å². The minimum Gasteiger partial charge on any atom is -0.463 e. The first kappa shape index (κ1) is 26.1. The fourth-order valence-electron chi connectivity index (χ4n) is 4.42. The van der Waals surface area contributed by atoms with Gasteiger partial charge in [0.25, 0.3) is 5.91 Å². The summed E-state index contributed by atoms with van der Waals surface area (Å²) >= 11 is 0. The van der Waals surface area contributed by atoms with Gasteiger partial charge in [-0.15, -0.1) is 0 Å². The number of hydrogen-bond acceptors (Lipinski definition) is 11. The molecule has 2 aliphatic heterocycles. The van der Waals surface area contributed by atoms with Crippen molar-refractivity contribution >= 4 is 46.4 Å². The van der Waals surface area contributed by atoms with E-state index in [0.29, 0.717) is 16.6 Å². The monoisotopic (exact) mass is 515 g/mol. The van der Waals surface area contributed by atoms with Crippen LogP contribution >= 0.6 is 0 Å². The molecule has 1 unspecified atom stereocenters. The summed E-state index contributed by atoms with van der Waals surface area (Å²) in [6.07, 6.45) is 1.19. The Morgan fingerprint density at radius 2 is 1.84 bits per heavy atom. The maximum Gasteiger partial charge on any atom is 0.306 e. The number of rotatable bonds is 8. The average Bonchev–Trinajstić information content (AvgIpc) is 3.34. The fraction of sp³-hybridized carbons (Fsp3) is 0.500. The van der Waals surface area contributed by atoms with Crippen molar-refractivity contribution in [3.63, 3.8) is 0 Å². The van der Waals surface area contributed by atoms with Gasteiger partial charge < -0.3 is 34.6 Å². The number of nitrogens with one attached hydrogen (secondary N) is 1. The highest BCUT2D eigenvalue weighted by Crippen LogP contribution is 2.46. The fourth-order valence-corrected chi connectivity index (χ4v) is 4.42. The van der Waals surface area contributed by atoms with Gasteiger partial charge in [0.1, 0.15) is 30.5 Å². The Kier molecular flexibility index (Phi) is 7.16. The Hall–Kier alpha value is -4.00. The van der Waals surface area contributed by atoms with E-state index in [-0.39, 0.29) is 37.4 Å². The molecule has 4 rings (SSSR count). The number of esters is 3. The number of hydrogen-bond donors (Lipinski definition) is 2. The molecule has 1 saturated heterocycles. The van der Waals surface area contributed by atoms with Crippen LogP contribution in [0.15, 0.2) is 18.6 Å². The van der Waals surface area contributed by atoms with Gasteiger partial charge in [0, 0.05) is 42.8 Å². The summed E-state index contributed by atoms with van der Waals surface area (Å²) in [5, 5.41) is 3.12. The Labute approximate surface area is 212 Å². The number of nitrogens with zero attached hydrogens (tertiary/aromatic N) is 3. The predicted octanol–water partition coefficient (Wildman–Crippen LogP) is 1.57. The van der Waals surface area contributed by atoms with E-state index in [9.17, 15) is 19.2 Å². The van der Waals surface area contributed by atoms with Gasteiger partial charge in [0.15, 0.2) is 17.9 Å². The maximum absolute atomic E-state index is 12.6. The van der Waals surface area contributed by atoms with Gasteiger partial charge in [-0.2, -0.15) is 0 Å². The van der Waals surface area contributed by atoms with Crippen molar-refractivity contribution in [1.82, 2.24) is 14.5 Å². The number of amides is 1. The summed E-state index contributed by atoms with van der Waals surface area (Å²) in [6.45, 7) is 6.25. The van der Waals surface area contributed by atoms with Gasteiger partial charge in [0.2, 0.25) is 0 Å². The number of carbonyl (C=O) groups is 4. The summed E-state index contributed by atoms with van der Waals surface area (Å²) in [5.41, 5.74) is 5.59. The quantitative estimate of drug-likeness (QED) is 0.386. The van der Waals surface area contributed by atoms with Crippen LogP contribution in [0.2, 0.25) is 0 Å². The molecule has 0 aliphatic carbocycles. The highest BCUT2D eigenvalue weighted by Gasteiger charge is 2.60. The Morgan fingerprint density at radius 3 is 2.51 bits per heavy atom. The predicted molar refractivity (Wildman–Crippen MR) is 128 cm³/mol. The molecule has 37 heavy (non-hydrogen) atoms. The molecule has 0 aromatic carbocycles. The van der Waals surface area contributed by atoms with Crippen molar-refractivity contribution in [1.29, 1.82) is 0 Å². The second kappa shape index (κ2) is 10.2. The largest absolute Gasteiger partial charge is 0.463 e. The van der Waals surface area contributed by atoms with Crippen LogP contribution in [0.1, 0.15) is 58.7 Å². The summed E-state index contributed by atoms with van der Waals surface area (Å²) in [6, 6.07) is 0. The normalized spacial score (nSPS) is 24.7. The molecule has 4 heterocycles. The molecule has 2 aromatic rings. The van der Waals surface area contributed by atoms with Crippen molar-refractivity contribution in [2.24, 2.45) is 5.73 Å². The van der Waals surface area contributed by atoms with Crippen molar-refractivity contribution < 1.29 is 38.1 Å². The van der Waals surface area contributed by atoms with Crippen molar-refractivity contribution in [3.05, 3.63) is 24.2 Å². The van der Waals surface area contributed by atoms with Crippen LogP contribution in [-0.4, -0.2) is 62.8 Å². The minimum atomic E-state index is -1.55. The third-order valence-electron chi connectivity index (χ3n) is 6.26. The zero-order chi connectivity index (χ0) is 26.9. The van der Waals surface area contributed by atoms with E-state index in [1.807, 2.05) is 0 Å². The van der Waals surface area contributed by atoms with Crippen LogP contribution in [0, 0.1) is 0 Å². The van der Waals surface area contributed by atoms with Gasteiger partial charge in [0.05, 0.1) is 5.39 Å². The number of anilines is 1. The van der Waals surface area contributed by atoms with Crippen LogP contribution in [0.5, 0.6) is 0 Å². The summed E-state index contributed by atoms with van der Waals surface area (Å²) < 4.78 is 24.8. The van der Waals surface area contributed by atoms with Gasteiger partial charge in [-0.25, -0.2) is 9.97 Å². The minimum absolute atomic E-state index is 0.0535. The third-order valence-corrected chi connectivity index (χ3v) is 6.26. The molecule has 13 nitrogen and oxygen atoms in total. The molecular weight excluding hydrogens is 486 g/mol. The molecule has 2 aliphatic rings. The van der Waals surface area contributed by atoms with Gasteiger partial charge in [-0.3, -0.25) is 19.2 Å². The number of ether oxygens (including phenoxy) is 4. The first-order valence-electron chi connectivity index (χ1n) is 12.0. The van der Waals surface area contributed by atoms with E-state index >= 15 is 0 Å². The molecule has 13 heteroatoms. The number of carbonyl (C=O) groups excluding carboxylic acids is 4. The molecule has 0 radical (unpaired) electrons. The van der Waals surface area contributed by atoms with Gasteiger partial charge >= 0.3 is 17.9 Å². The summed E-state index contributed by atoms with van der Waals surface area (Å²) in [5.74, 6) is -1.77. The lowest BCUT2D eigenvalue weighted by atomic mass is 9.95. The molecule has 1 amide bonds. The first-order chi connectivity index (χ1) is 17.6. The van der Waals surface area contributed by atoms with Crippen LogP contribution in [0.25, 0.3) is 16.7 Å². The molecule has 0 bridgehead atoms. The number of nitrogens with two attached hydrogens (primary N) is 1. The molecule has 2 aromatic heterocycles. The molecule has 4 atom stereocenters. The zero-order valence-corrected chi connectivity index (χ0v) is 21.0. The lowest BCUT2D eigenvalue weighted by Gasteiger charge is -2.34. The Bertz CT molecular complexity index is 1290. The second-order valence-electron chi connectivity index (χ2n) is 8.80. The van der Waals surface area contributed by atoms with Gasteiger partial charge in [-0.1, -0.05) is 20.8 Å². The first-order valence-corrected chi connectivity index (χ1v) is 12.0. The zero-order valence-electron chi connectivity index (χ0n) is 21.0. The van der Waals surface area contributed by atoms with Crippen molar-refractivity contribution in [2.75, 3.05) is 11.9 Å². The third kappa shape index (κ3) is 4.73. The molecule has 3 N–H and O–H groups in total. The van der Waals surface area contributed by atoms with Crippen LogP contribution in [-0.2, 0) is 38.1 Å². The molecule has 0 saturated carbocycles. The van der Waals surface area contributed by atoms with Crippen LogP contribution < -0.4 is 11.1 Å². The van der Waals surface area contributed by atoms with Gasteiger partial charge in [-0.05, 0) is 6.92 Å². The molecular formula is C24H29N5O8. The van der Waals surface area contributed by atoms with E-state index < -0.39 is 47.9 Å². The standard InChI is InChI=1S/C24H29N5O8/c1-5-16(31)34-10-14-20(36-17(32)6-2)24(4,37-18(33)7-3)23(35-14)29-9-12-13(25)8-15(30)28-21-19(12)22(29)27-11-26-21/h8-9,11,14,20,23H,5-7,10,25H2,1-4H3,(H,26,27,28,30)/t14-,20-,23-,24?/m1/s1. The highest BCUT2D eigenvalue weighted by molar-refractivity contribution is 6.13. The van der Waals surface area contributed by atoms with Crippen LogP contribution in [0.3, 0.4) is 0 Å². The van der Waals surface area contributed by atoms with Crippen molar-refractivity contribution in [2.45, 2.75) is 71.0 Å². The van der Waals surface area contributed by atoms with Crippen molar-refractivity contribution in [3.8, 4) is 0 Å². The smallest absolute Gasteiger partial charge is 0.306 e. The second-order valence-corrected chi connectivity index (χ2v) is 8.80. The van der Waals surface area contributed by atoms with Crippen LogP contribution in [0.4, 0.5) is 5.82 Å². The average molecular weight is 516 g/mol. The molecule has 198 valence electrons. The lowest BCUT2D eigenvalue weighted by molar-refractivity contribution is -0.187.